The van der Waals surface area contributed by atoms with Crippen molar-refractivity contribution in [1.29, 1.82) is 0 Å². The summed E-state index contributed by atoms with van der Waals surface area (Å²) in [5.74, 6) is 1.07. The zero-order valence-electron chi connectivity index (χ0n) is 13.6. The van der Waals surface area contributed by atoms with Crippen LogP contribution >= 0.6 is 0 Å². The SMILES string of the molecule is CCN(CC)C(=O)Cc1ccc(OC)c(C(C)(C)C)c1. The molecule has 0 aliphatic heterocycles. The Kier molecular flexibility index (Phi) is 5.61. The highest BCUT2D eigenvalue weighted by Gasteiger charge is 2.20. The normalized spacial score (nSPS) is 11.3. The van der Waals surface area contributed by atoms with E-state index in [1.165, 1.54) is 0 Å². The van der Waals surface area contributed by atoms with Gasteiger partial charge in [0, 0.05) is 13.1 Å². The second-order valence-corrected chi connectivity index (χ2v) is 6.03. The summed E-state index contributed by atoms with van der Waals surface area (Å²) in [6.07, 6.45) is 0.453. The van der Waals surface area contributed by atoms with Crippen molar-refractivity contribution < 1.29 is 9.53 Å². The van der Waals surface area contributed by atoms with Gasteiger partial charge in [0.2, 0.25) is 5.91 Å². The Hall–Kier alpha value is -1.51. The number of carbonyl (C=O) groups excluding carboxylic acids is 1. The maximum absolute atomic E-state index is 12.2. The summed E-state index contributed by atoms with van der Waals surface area (Å²) in [4.78, 5) is 14.0. The summed E-state index contributed by atoms with van der Waals surface area (Å²) in [6.45, 7) is 12.0. The third kappa shape index (κ3) is 3.99. The molecule has 0 bridgehead atoms. The van der Waals surface area contributed by atoms with Gasteiger partial charge in [-0.05, 0) is 36.5 Å². The van der Waals surface area contributed by atoms with Gasteiger partial charge in [-0.3, -0.25) is 4.79 Å². The molecule has 1 aromatic carbocycles. The Morgan fingerprint density at radius 3 is 2.25 bits per heavy atom. The second-order valence-electron chi connectivity index (χ2n) is 6.03. The molecule has 3 heteroatoms. The highest BCUT2D eigenvalue weighted by atomic mass is 16.5. The maximum atomic E-state index is 12.2. The van der Waals surface area contributed by atoms with Crippen LogP contribution in [-0.4, -0.2) is 31.0 Å². The first-order chi connectivity index (χ1) is 9.33. The lowest BCUT2D eigenvalue weighted by atomic mass is 9.85. The molecule has 0 radical (unpaired) electrons. The van der Waals surface area contributed by atoms with E-state index in [-0.39, 0.29) is 11.3 Å². The molecule has 0 N–H and O–H groups in total. The average molecular weight is 277 g/mol. The maximum Gasteiger partial charge on any atom is 0.226 e. The van der Waals surface area contributed by atoms with Crippen LogP contribution in [0.1, 0.15) is 45.7 Å². The number of likely N-dealkylation sites (N-methyl/N-ethyl adjacent to an activating group) is 1. The Labute approximate surface area is 122 Å². The van der Waals surface area contributed by atoms with Crippen molar-refractivity contribution in [3.05, 3.63) is 29.3 Å². The summed E-state index contributed by atoms with van der Waals surface area (Å²) in [5, 5.41) is 0. The van der Waals surface area contributed by atoms with Gasteiger partial charge in [-0.2, -0.15) is 0 Å². The molecular weight excluding hydrogens is 250 g/mol. The Balaban J connectivity index is 3.01. The molecule has 1 aromatic rings. The molecule has 3 nitrogen and oxygen atoms in total. The van der Waals surface area contributed by atoms with Crippen LogP contribution in [-0.2, 0) is 16.6 Å². The van der Waals surface area contributed by atoms with E-state index in [1.54, 1.807) is 7.11 Å². The summed E-state index contributed by atoms with van der Waals surface area (Å²) < 4.78 is 5.43. The van der Waals surface area contributed by atoms with Crippen LogP contribution in [0.4, 0.5) is 0 Å². The number of benzene rings is 1. The van der Waals surface area contributed by atoms with Crippen LogP contribution < -0.4 is 4.74 Å². The van der Waals surface area contributed by atoms with Crippen molar-refractivity contribution in [3.8, 4) is 5.75 Å². The number of rotatable bonds is 5. The Bertz CT molecular complexity index is 457. The summed E-state index contributed by atoms with van der Waals surface area (Å²) in [6, 6.07) is 6.04. The number of ether oxygens (including phenoxy) is 1. The van der Waals surface area contributed by atoms with Gasteiger partial charge in [-0.15, -0.1) is 0 Å². The minimum atomic E-state index is -0.000396. The monoisotopic (exact) mass is 277 g/mol. The molecule has 0 aromatic heterocycles. The van der Waals surface area contributed by atoms with Crippen LogP contribution in [0.3, 0.4) is 0 Å². The van der Waals surface area contributed by atoms with E-state index < -0.39 is 0 Å². The van der Waals surface area contributed by atoms with E-state index in [2.05, 4.69) is 26.8 Å². The van der Waals surface area contributed by atoms with Crippen molar-refractivity contribution in [1.82, 2.24) is 4.90 Å². The number of amides is 1. The first-order valence-electron chi connectivity index (χ1n) is 7.28. The average Bonchev–Trinajstić information content (AvgIpc) is 2.39. The lowest BCUT2D eigenvalue weighted by Crippen LogP contribution is -2.31. The molecule has 0 aliphatic rings. The predicted octanol–water partition coefficient (Wildman–Crippen LogP) is 3.40. The van der Waals surface area contributed by atoms with Gasteiger partial charge in [-0.1, -0.05) is 32.9 Å². The molecule has 0 aliphatic carbocycles. The Morgan fingerprint density at radius 1 is 1.20 bits per heavy atom. The molecule has 0 unspecified atom stereocenters. The van der Waals surface area contributed by atoms with Gasteiger partial charge in [-0.25, -0.2) is 0 Å². The first kappa shape index (κ1) is 16.5. The quantitative estimate of drug-likeness (QED) is 0.825. The predicted molar refractivity (Wildman–Crippen MR) is 83.3 cm³/mol. The topological polar surface area (TPSA) is 29.5 Å². The minimum absolute atomic E-state index is 0.000396. The smallest absolute Gasteiger partial charge is 0.226 e. The molecule has 20 heavy (non-hydrogen) atoms. The van der Waals surface area contributed by atoms with E-state index in [4.69, 9.17) is 4.74 Å². The van der Waals surface area contributed by atoms with E-state index in [9.17, 15) is 4.79 Å². The molecule has 0 spiro atoms. The molecule has 0 heterocycles. The fourth-order valence-electron chi connectivity index (χ4n) is 2.31. The number of hydrogen-bond donors (Lipinski definition) is 0. The third-order valence-electron chi connectivity index (χ3n) is 3.54. The van der Waals surface area contributed by atoms with Crippen LogP contribution in [0.5, 0.6) is 5.75 Å². The van der Waals surface area contributed by atoms with Gasteiger partial charge in [0.25, 0.3) is 0 Å². The summed E-state index contributed by atoms with van der Waals surface area (Å²) >= 11 is 0. The standard InChI is InChI=1S/C17H27NO2/c1-7-18(8-2)16(19)12-13-9-10-15(20-6)14(11-13)17(3,4)5/h9-11H,7-8,12H2,1-6H3. The van der Waals surface area contributed by atoms with E-state index in [1.807, 2.05) is 30.9 Å². The van der Waals surface area contributed by atoms with E-state index in [0.29, 0.717) is 6.42 Å². The molecule has 0 saturated heterocycles. The van der Waals surface area contributed by atoms with Crippen LogP contribution in [0.15, 0.2) is 18.2 Å². The molecule has 0 atom stereocenters. The highest BCUT2D eigenvalue weighted by Crippen LogP contribution is 2.32. The number of nitrogens with zero attached hydrogens (tertiary/aromatic N) is 1. The molecule has 1 amide bonds. The summed E-state index contributed by atoms with van der Waals surface area (Å²) in [5.41, 5.74) is 2.19. The fraction of sp³-hybridized carbons (Fsp3) is 0.588. The van der Waals surface area contributed by atoms with Crippen molar-refractivity contribution in [2.45, 2.75) is 46.5 Å². The summed E-state index contributed by atoms with van der Waals surface area (Å²) in [7, 11) is 1.69. The van der Waals surface area contributed by atoms with Crippen LogP contribution in [0.2, 0.25) is 0 Å². The fourth-order valence-corrected chi connectivity index (χ4v) is 2.31. The molecule has 112 valence electrons. The largest absolute Gasteiger partial charge is 0.496 e. The molecule has 0 fully saturated rings. The van der Waals surface area contributed by atoms with Gasteiger partial charge in [0.1, 0.15) is 5.75 Å². The first-order valence-corrected chi connectivity index (χ1v) is 7.28. The van der Waals surface area contributed by atoms with Gasteiger partial charge < -0.3 is 9.64 Å². The number of methoxy groups -OCH3 is 1. The van der Waals surface area contributed by atoms with E-state index in [0.717, 1.165) is 30.0 Å². The van der Waals surface area contributed by atoms with Crippen molar-refractivity contribution in [2.24, 2.45) is 0 Å². The van der Waals surface area contributed by atoms with Crippen molar-refractivity contribution >= 4 is 5.91 Å². The lowest BCUT2D eigenvalue weighted by Gasteiger charge is -2.23. The zero-order chi connectivity index (χ0) is 15.3. The second kappa shape index (κ2) is 6.78. The van der Waals surface area contributed by atoms with Gasteiger partial charge >= 0.3 is 0 Å². The molecule has 1 rings (SSSR count). The third-order valence-corrected chi connectivity index (χ3v) is 3.54. The van der Waals surface area contributed by atoms with Gasteiger partial charge in [0.05, 0.1) is 13.5 Å². The van der Waals surface area contributed by atoms with Crippen LogP contribution in [0, 0.1) is 0 Å². The molecule has 0 saturated carbocycles. The minimum Gasteiger partial charge on any atom is -0.496 e. The number of carbonyl (C=O) groups is 1. The van der Waals surface area contributed by atoms with E-state index >= 15 is 0 Å². The zero-order valence-corrected chi connectivity index (χ0v) is 13.6. The van der Waals surface area contributed by atoms with Crippen LogP contribution in [0.25, 0.3) is 0 Å². The molecular formula is C17H27NO2. The Morgan fingerprint density at radius 2 is 1.80 bits per heavy atom. The van der Waals surface area contributed by atoms with Gasteiger partial charge in [0.15, 0.2) is 0 Å². The number of hydrogen-bond acceptors (Lipinski definition) is 2. The lowest BCUT2D eigenvalue weighted by molar-refractivity contribution is -0.130. The highest BCUT2D eigenvalue weighted by molar-refractivity contribution is 5.78. The van der Waals surface area contributed by atoms with Crippen molar-refractivity contribution in [3.63, 3.8) is 0 Å². The van der Waals surface area contributed by atoms with Crippen molar-refractivity contribution in [2.75, 3.05) is 20.2 Å².